The summed E-state index contributed by atoms with van der Waals surface area (Å²) in [6.45, 7) is 2.15. The van der Waals surface area contributed by atoms with Crippen LogP contribution in [0.5, 0.6) is 5.75 Å². The largest absolute Gasteiger partial charge is 0.489 e. The van der Waals surface area contributed by atoms with Crippen molar-refractivity contribution in [2.75, 3.05) is 12.4 Å². The number of para-hydroxylation sites is 1. The number of carbonyl (C=O) groups excluding carboxylic acids is 1. The zero-order valence-electron chi connectivity index (χ0n) is 15.2. The fourth-order valence-electron chi connectivity index (χ4n) is 2.52. The maximum Gasteiger partial charge on any atom is 0.411 e. The lowest BCUT2D eigenvalue weighted by atomic mass is 10.1. The molecule has 28 heavy (non-hydrogen) atoms. The molecule has 0 bridgehead atoms. The predicted molar refractivity (Wildman–Crippen MR) is 112 cm³/mol. The molecule has 0 saturated heterocycles. The number of ether oxygens (including phenoxy) is 2. The second-order valence-corrected chi connectivity index (χ2v) is 7.04. The molecular formula is C20H17FIN3O3. The Morgan fingerprint density at radius 2 is 2.04 bits per heavy atom. The van der Waals surface area contributed by atoms with Gasteiger partial charge in [-0.2, -0.15) is 9.37 Å². The van der Waals surface area contributed by atoms with Gasteiger partial charge in [0, 0.05) is 17.3 Å². The summed E-state index contributed by atoms with van der Waals surface area (Å²) in [5.41, 5.74) is 2.98. The fraction of sp³-hybridized carbons (Fsp3) is 0.150. The third-order valence-corrected chi connectivity index (χ3v) is 4.68. The summed E-state index contributed by atoms with van der Waals surface area (Å²) in [7, 11) is 1.31. The maximum atomic E-state index is 13.7. The van der Waals surface area contributed by atoms with E-state index in [1.165, 1.54) is 13.3 Å². The van der Waals surface area contributed by atoms with E-state index in [1.807, 2.05) is 53.8 Å². The van der Waals surface area contributed by atoms with E-state index in [0.717, 1.165) is 11.1 Å². The molecule has 3 aromatic rings. The number of nitrogens with zero attached hydrogens (tertiary/aromatic N) is 2. The van der Waals surface area contributed by atoms with Crippen LogP contribution in [0.2, 0.25) is 0 Å². The number of nitrogens with one attached hydrogen (secondary N) is 1. The topological polar surface area (TPSA) is 73.3 Å². The molecule has 0 aliphatic rings. The Morgan fingerprint density at radius 3 is 2.75 bits per heavy atom. The minimum Gasteiger partial charge on any atom is -0.489 e. The average Bonchev–Trinajstić information content (AvgIpc) is 2.70. The van der Waals surface area contributed by atoms with Gasteiger partial charge in [0.1, 0.15) is 12.4 Å². The van der Waals surface area contributed by atoms with Gasteiger partial charge >= 0.3 is 6.09 Å². The lowest BCUT2D eigenvalue weighted by Gasteiger charge is -2.13. The molecule has 0 radical (unpaired) electrons. The van der Waals surface area contributed by atoms with Crippen molar-refractivity contribution in [1.29, 1.82) is 0 Å². The minimum atomic E-state index is -0.544. The van der Waals surface area contributed by atoms with Crippen molar-refractivity contribution in [3.8, 4) is 17.1 Å². The van der Waals surface area contributed by atoms with Gasteiger partial charge in [-0.3, -0.25) is 5.32 Å². The van der Waals surface area contributed by atoms with Crippen molar-refractivity contribution >= 4 is 34.4 Å². The first-order chi connectivity index (χ1) is 13.5. The predicted octanol–water partition coefficient (Wildman–Crippen LogP) is 4.95. The molecule has 1 amide bonds. The molecule has 6 nitrogen and oxygen atoms in total. The molecule has 8 heteroatoms. The standard InChI is InChI=1S/C20H17FIN3O3/c1-12-9-13(19-23-10-15(22)18(21)25-19)7-8-17(12)28-11-14-5-3-4-6-16(14)24-20(26)27-2/h3-10H,11H2,1-2H3,(H,24,26). The molecule has 0 unspecified atom stereocenters. The number of rotatable bonds is 5. The van der Waals surface area contributed by atoms with E-state index >= 15 is 0 Å². The Morgan fingerprint density at radius 1 is 1.25 bits per heavy atom. The Kier molecular flexibility index (Phi) is 6.40. The molecule has 1 aromatic heterocycles. The van der Waals surface area contributed by atoms with E-state index in [1.54, 1.807) is 18.2 Å². The summed E-state index contributed by atoms with van der Waals surface area (Å²) >= 11 is 1.85. The van der Waals surface area contributed by atoms with Gasteiger partial charge in [0.15, 0.2) is 5.82 Å². The number of anilines is 1. The van der Waals surface area contributed by atoms with Gasteiger partial charge in [-0.25, -0.2) is 9.78 Å². The second-order valence-electron chi connectivity index (χ2n) is 5.88. The molecule has 2 aromatic carbocycles. The first-order valence-corrected chi connectivity index (χ1v) is 9.40. The van der Waals surface area contributed by atoms with Gasteiger partial charge in [-0.1, -0.05) is 18.2 Å². The van der Waals surface area contributed by atoms with Gasteiger partial charge < -0.3 is 9.47 Å². The van der Waals surface area contributed by atoms with Crippen LogP contribution in [0, 0.1) is 16.4 Å². The molecule has 1 heterocycles. The van der Waals surface area contributed by atoms with Crippen molar-refractivity contribution in [3.63, 3.8) is 0 Å². The molecule has 144 valence electrons. The van der Waals surface area contributed by atoms with E-state index in [2.05, 4.69) is 20.0 Å². The number of hydrogen-bond donors (Lipinski definition) is 1. The molecular weight excluding hydrogens is 476 g/mol. The van der Waals surface area contributed by atoms with Crippen LogP contribution in [-0.4, -0.2) is 23.2 Å². The van der Waals surface area contributed by atoms with Crippen LogP contribution in [0.15, 0.2) is 48.7 Å². The summed E-state index contributed by atoms with van der Waals surface area (Å²) in [6.07, 6.45) is 0.904. The summed E-state index contributed by atoms with van der Waals surface area (Å²) in [6, 6.07) is 12.7. The minimum absolute atomic E-state index is 0.259. The van der Waals surface area contributed by atoms with Crippen LogP contribution in [0.3, 0.4) is 0 Å². The number of hydrogen-bond acceptors (Lipinski definition) is 5. The summed E-state index contributed by atoms with van der Waals surface area (Å²) in [5.74, 6) is 0.445. The van der Waals surface area contributed by atoms with Crippen molar-refractivity contribution in [2.45, 2.75) is 13.5 Å². The molecule has 0 fully saturated rings. The Balaban J connectivity index is 1.76. The molecule has 0 saturated carbocycles. The van der Waals surface area contributed by atoms with E-state index in [-0.39, 0.29) is 6.61 Å². The van der Waals surface area contributed by atoms with Gasteiger partial charge in [-0.05, 0) is 59.3 Å². The van der Waals surface area contributed by atoms with E-state index in [9.17, 15) is 9.18 Å². The van der Waals surface area contributed by atoms with Crippen LogP contribution in [-0.2, 0) is 11.3 Å². The Bertz CT molecular complexity index is 1010. The molecule has 3 rings (SSSR count). The monoisotopic (exact) mass is 493 g/mol. The average molecular weight is 493 g/mol. The van der Waals surface area contributed by atoms with Gasteiger partial charge in [0.05, 0.1) is 16.4 Å². The number of amides is 1. The lowest BCUT2D eigenvalue weighted by molar-refractivity contribution is 0.187. The van der Waals surface area contributed by atoms with Gasteiger partial charge in [-0.15, -0.1) is 0 Å². The first-order valence-electron chi connectivity index (χ1n) is 8.32. The number of benzene rings is 2. The summed E-state index contributed by atoms with van der Waals surface area (Å²) < 4.78 is 24.6. The molecule has 1 N–H and O–H groups in total. The smallest absolute Gasteiger partial charge is 0.411 e. The van der Waals surface area contributed by atoms with Crippen LogP contribution in [0.25, 0.3) is 11.4 Å². The molecule has 0 aliphatic heterocycles. The highest BCUT2D eigenvalue weighted by Gasteiger charge is 2.10. The van der Waals surface area contributed by atoms with Gasteiger partial charge in [0.2, 0.25) is 5.95 Å². The van der Waals surface area contributed by atoms with E-state index in [4.69, 9.17) is 4.74 Å². The zero-order chi connectivity index (χ0) is 20.1. The highest BCUT2D eigenvalue weighted by molar-refractivity contribution is 14.1. The van der Waals surface area contributed by atoms with Crippen LogP contribution in [0.4, 0.5) is 14.9 Å². The number of aryl methyl sites for hydroxylation is 1. The Labute approximate surface area is 175 Å². The van der Waals surface area contributed by atoms with Crippen molar-refractivity contribution < 1.29 is 18.7 Å². The quantitative estimate of drug-likeness (QED) is 0.402. The summed E-state index contributed by atoms with van der Waals surface area (Å²) in [5, 5.41) is 2.66. The zero-order valence-corrected chi connectivity index (χ0v) is 17.4. The Hall–Kier alpha value is -2.75. The van der Waals surface area contributed by atoms with E-state index in [0.29, 0.717) is 26.4 Å². The second kappa shape index (κ2) is 8.96. The maximum absolute atomic E-state index is 13.7. The van der Waals surface area contributed by atoms with Crippen molar-refractivity contribution in [3.05, 3.63) is 69.3 Å². The third-order valence-electron chi connectivity index (χ3n) is 3.96. The van der Waals surface area contributed by atoms with Crippen molar-refractivity contribution in [1.82, 2.24) is 9.97 Å². The number of aromatic nitrogens is 2. The van der Waals surface area contributed by atoms with Crippen LogP contribution in [0.1, 0.15) is 11.1 Å². The molecule has 0 atom stereocenters. The molecule has 0 spiro atoms. The molecule has 0 aliphatic carbocycles. The normalized spacial score (nSPS) is 10.4. The lowest BCUT2D eigenvalue weighted by Crippen LogP contribution is -2.13. The highest BCUT2D eigenvalue weighted by Crippen LogP contribution is 2.26. The third kappa shape index (κ3) is 4.75. The highest BCUT2D eigenvalue weighted by atomic mass is 127. The number of carbonyl (C=O) groups is 1. The fourth-order valence-corrected chi connectivity index (χ4v) is 2.78. The number of methoxy groups -OCH3 is 1. The van der Waals surface area contributed by atoms with Crippen LogP contribution < -0.4 is 10.1 Å². The SMILES string of the molecule is COC(=O)Nc1ccccc1COc1ccc(-c2ncc(I)c(F)n2)cc1C. The van der Waals surface area contributed by atoms with Crippen molar-refractivity contribution in [2.24, 2.45) is 0 Å². The first kappa shape index (κ1) is 20.0. The van der Waals surface area contributed by atoms with Gasteiger partial charge in [0.25, 0.3) is 0 Å². The summed E-state index contributed by atoms with van der Waals surface area (Å²) in [4.78, 5) is 19.5. The number of halogens is 2. The van der Waals surface area contributed by atoms with E-state index < -0.39 is 12.0 Å². The van der Waals surface area contributed by atoms with Crippen LogP contribution >= 0.6 is 22.6 Å².